The first-order valence-corrected chi connectivity index (χ1v) is 11.9. The molecule has 0 radical (unpaired) electrons. The topological polar surface area (TPSA) is 134 Å². The third kappa shape index (κ3) is 12.1. The van der Waals surface area contributed by atoms with Crippen molar-refractivity contribution in [3.63, 3.8) is 0 Å². The third-order valence-electron chi connectivity index (χ3n) is 4.74. The Balaban J connectivity index is 0.000000271. The molecular weight excluding hydrogens is 867 g/mol. The van der Waals surface area contributed by atoms with E-state index in [2.05, 4.69) is 50.8 Å². The van der Waals surface area contributed by atoms with Crippen molar-refractivity contribution in [2.75, 3.05) is 0 Å². The summed E-state index contributed by atoms with van der Waals surface area (Å²) in [5.74, 6) is 0. The molecule has 10 nitrogen and oxygen atoms in total. The molecule has 0 saturated carbocycles. The van der Waals surface area contributed by atoms with E-state index in [4.69, 9.17) is 0 Å². The van der Waals surface area contributed by atoms with E-state index in [0.717, 1.165) is 56.9 Å². The van der Waals surface area contributed by atoms with Gasteiger partial charge in [-0.05, 0) is 52.0 Å². The van der Waals surface area contributed by atoms with Crippen LogP contribution in [0.3, 0.4) is 0 Å². The monoisotopic (exact) mass is 896 g/mol. The zero-order chi connectivity index (χ0) is 27.3. The number of aryl methyl sites for hydroxylation is 6. The molecule has 0 fully saturated rings. The largest absolute Gasteiger partial charge is 2.00 e. The van der Waals surface area contributed by atoms with E-state index in [1.165, 1.54) is 0 Å². The number of aromatic nitrogens is 10. The van der Waals surface area contributed by atoms with Crippen molar-refractivity contribution in [1.82, 2.24) is 50.8 Å². The van der Waals surface area contributed by atoms with Gasteiger partial charge < -0.3 is 40.8 Å². The quantitative estimate of drug-likeness (QED) is 0.250. The van der Waals surface area contributed by atoms with Crippen LogP contribution in [0.2, 0.25) is 0 Å². The van der Waals surface area contributed by atoms with Gasteiger partial charge >= 0.3 is 42.1 Å². The molecule has 40 heavy (non-hydrogen) atoms. The van der Waals surface area contributed by atoms with E-state index in [1.807, 2.05) is 102 Å². The maximum absolute atomic E-state index is 4.16. The predicted molar refractivity (Wildman–Crippen MR) is 145 cm³/mol. The Labute approximate surface area is 263 Å². The molecule has 0 atom stereocenters. The van der Waals surface area contributed by atoms with Crippen LogP contribution in [0.25, 0.3) is 22.8 Å². The van der Waals surface area contributed by atoms with Crippen molar-refractivity contribution in [3.8, 4) is 22.8 Å². The fourth-order valence-electron chi connectivity index (χ4n) is 3.09. The van der Waals surface area contributed by atoms with E-state index in [-0.39, 0.29) is 42.1 Å². The summed E-state index contributed by atoms with van der Waals surface area (Å²) in [5.41, 5.74) is 9.27. The molecule has 0 aliphatic carbocycles. The summed E-state index contributed by atoms with van der Waals surface area (Å²) in [4.78, 5) is 8.32. The summed E-state index contributed by atoms with van der Waals surface area (Å²) >= 11 is 0. The van der Waals surface area contributed by atoms with E-state index >= 15 is 0 Å². The number of nitrogens with zero attached hydrogens (tertiary/aromatic N) is 10. The van der Waals surface area contributed by atoms with Gasteiger partial charge in [0.15, 0.2) is 0 Å². The maximum Gasteiger partial charge on any atom is 2.00 e. The molecule has 0 saturated heterocycles. The smallest absolute Gasteiger partial charge is 0.579 e. The predicted octanol–water partition coefficient (Wildman–Crippen LogP) is 4.12. The molecule has 0 unspecified atom stereocenters. The van der Waals surface area contributed by atoms with Crippen LogP contribution in [0.5, 0.6) is 0 Å². The van der Waals surface area contributed by atoms with Gasteiger partial charge in [-0.2, -0.15) is 0 Å². The second-order valence-electron chi connectivity index (χ2n) is 8.43. The molecule has 6 aromatic rings. The van der Waals surface area contributed by atoms with Crippen molar-refractivity contribution in [2.24, 2.45) is 0 Å². The Morgan fingerprint density at radius 2 is 0.800 bits per heavy atom. The second kappa shape index (κ2) is 18.0. The van der Waals surface area contributed by atoms with Crippen molar-refractivity contribution >= 4 is 0 Å². The van der Waals surface area contributed by atoms with Gasteiger partial charge in [0, 0.05) is 46.6 Å². The van der Waals surface area contributed by atoms with Crippen LogP contribution in [0.1, 0.15) is 34.2 Å². The Bertz CT molecular complexity index is 1340. The van der Waals surface area contributed by atoms with Crippen molar-refractivity contribution in [1.29, 1.82) is 0 Å². The SMILES string of the molecule is Cc1cc(-c2ccccn2)[n-]n1.Cc1cc(-c2ccccn2)[n-]n1.Cc1cc(C)[n-]n1.Cc1cc(C)[n-]n1.[Pt+2].[Pt+2]. The van der Waals surface area contributed by atoms with Crippen LogP contribution in [-0.4, -0.2) is 30.4 Å². The summed E-state index contributed by atoms with van der Waals surface area (Å²) in [6.07, 6.45) is 3.50. The molecule has 0 aliphatic rings. The van der Waals surface area contributed by atoms with Gasteiger partial charge in [0.05, 0.1) is 0 Å². The van der Waals surface area contributed by atoms with Crippen LogP contribution in [0, 0.1) is 41.5 Å². The molecule has 0 bridgehead atoms. The van der Waals surface area contributed by atoms with E-state index in [0.29, 0.717) is 0 Å². The van der Waals surface area contributed by atoms with Gasteiger partial charge in [0.2, 0.25) is 0 Å². The average Bonchev–Trinajstić information content (AvgIpc) is 3.72. The van der Waals surface area contributed by atoms with Crippen molar-refractivity contribution in [3.05, 3.63) is 107 Å². The maximum atomic E-state index is 4.16. The zero-order valence-electron chi connectivity index (χ0n) is 23.0. The van der Waals surface area contributed by atoms with Crippen LogP contribution >= 0.6 is 0 Å². The summed E-state index contributed by atoms with van der Waals surface area (Å²) in [6.45, 7) is 11.6. The van der Waals surface area contributed by atoms with Crippen LogP contribution < -0.4 is 20.4 Å². The Morgan fingerprint density at radius 1 is 0.450 bits per heavy atom. The summed E-state index contributed by atoms with van der Waals surface area (Å²) in [7, 11) is 0. The molecular formula is C28H30N10Pt2. The molecule has 0 aromatic carbocycles. The molecule has 0 N–H and O–H groups in total. The fraction of sp³-hybridized carbons (Fsp3) is 0.214. The molecule has 0 aliphatic heterocycles. The molecule has 6 rings (SSSR count). The van der Waals surface area contributed by atoms with E-state index in [9.17, 15) is 0 Å². The van der Waals surface area contributed by atoms with Gasteiger partial charge in [-0.1, -0.05) is 61.6 Å². The number of pyridine rings is 2. The zero-order valence-corrected chi connectivity index (χ0v) is 27.6. The number of rotatable bonds is 2. The fourth-order valence-corrected chi connectivity index (χ4v) is 3.09. The van der Waals surface area contributed by atoms with Crippen molar-refractivity contribution in [2.45, 2.75) is 41.5 Å². The minimum atomic E-state index is 0. The first-order valence-electron chi connectivity index (χ1n) is 11.9. The third-order valence-corrected chi connectivity index (χ3v) is 4.74. The summed E-state index contributed by atoms with van der Waals surface area (Å²) in [5, 5.41) is 30.8. The number of hydrogen-bond donors (Lipinski definition) is 0. The summed E-state index contributed by atoms with van der Waals surface area (Å²) < 4.78 is 0. The van der Waals surface area contributed by atoms with Crippen molar-refractivity contribution < 1.29 is 42.1 Å². The Kier molecular flexibility index (Phi) is 15.5. The molecule has 12 heteroatoms. The normalized spacial score (nSPS) is 9.35. The van der Waals surface area contributed by atoms with Gasteiger partial charge in [-0.25, -0.2) is 0 Å². The molecule has 0 amide bonds. The van der Waals surface area contributed by atoms with E-state index in [1.54, 1.807) is 12.4 Å². The van der Waals surface area contributed by atoms with Gasteiger partial charge in [0.25, 0.3) is 0 Å². The van der Waals surface area contributed by atoms with Crippen LogP contribution in [0.15, 0.2) is 73.1 Å². The molecule has 212 valence electrons. The van der Waals surface area contributed by atoms with Gasteiger partial charge in [-0.15, -0.1) is 11.4 Å². The first-order chi connectivity index (χ1) is 18.3. The molecule has 0 spiro atoms. The number of hydrogen-bond acceptors (Lipinski definition) is 6. The van der Waals surface area contributed by atoms with Crippen LogP contribution in [0.4, 0.5) is 0 Å². The molecule has 6 aromatic heterocycles. The second-order valence-corrected chi connectivity index (χ2v) is 8.43. The minimum absolute atomic E-state index is 0. The molecule has 6 heterocycles. The Hall–Kier alpha value is -3.48. The summed E-state index contributed by atoms with van der Waals surface area (Å²) in [6, 6.07) is 19.2. The average molecular weight is 897 g/mol. The minimum Gasteiger partial charge on any atom is -0.579 e. The first kappa shape index (κ1) is 34.5. The standard InChI is InChI=1S/2C9H8N3.2C5H7N2.2Pt/c2*1-7-6-9(12-11-7)8-4-2-3-5-10-8;2*1-4-3-5(2)7-6-4;;/h2*2-6H,1H3;2*3H,1-2H3;;/q4*-1;2*+2. The van der Waals surface area contributed by atoms with E-state index < -0.39 is 0 Å². The van der Waals surface area contributed by atoms with Crippen LogP contribution in [-0.2, 0) is 42.1 Å². The van der Waals surface area contributed by atoms with Gasteiger partial charge in [-0.3, -0.25) is 9.97 Å². The Morgan fingerprint density at radius 3 is 1.00 bits per heavy atom. The van der Waals surface area contributed by atoms with Gasteiger partial charge in [0.1, 0.15) is 0 Å².